The van der Waals surface area contributed by atoms with E-state index in [2.05, 4.69) is 0 Å². The molecule has 0 aromatic heterocycles. The topological polar surface area (TPSA) is 79.2 Å². The Kier molecular flexibility index (Phi) is 4.09. The minimum absolute atomic E-state index is 0.0898. The Morgan fingerprint density at radius 3 is 2.59 bits per heavy atom. The lowest BCUT2D eigenvalue weighted by Crippen LogP contribution is -2.53. The monoisotopic (exact) mass is 240 g/mol. The Labute approximate surface area is 99.2 Å². The van der Waals surface area contributed by atoms with Crippen LogP contribution in [0.15, 0.2) is 30.3 Å². The summed E-state index contributed by atoms with van der Waals surface area (Å²) < 4.78 is 10.3. The highest BCUT2D eigenvalue weighted by atomic mass is 16.6. The van der Waals surface area contributed by atoms with Crippen molar-refractivity contribution in [3.63, 3.8) is 0 Å². The average Bonchev–Trinajstić information content (AvgIpc) is 2.35. The molecule has 17 heavy (non-hydrogen) atoms. The van der Waals surface area contributed by atoms with Crippen molar-refractivity contribution in [1.82, 2.24) is 0 Å². The molecule has 1 aromatic rings. The lowest BCUT2D eigenvalue weighted by Gasteiger charge is -2.35. The van der Waals surface area contributed by atoms with Gasteiger partial charge in [0.1, 0.15) is 18.3 Å². The molecule has 1 fully saturated rings. The van der Waals surface area contributed by atoms with E-state index in [-0.39, 0.29) is 13.2 Å². The van der Waals surface area contributed by atoms with Crippen molar-refractivity contribution < 1.29 is 24.8 Å². The van der Waals surface area contributed by atoms with Gasteiger partial charge in [0, 0.05) is 0 Å². The standard InChI is InChI=1S/C12H16O5/c13-9-7-17-12(15)11(10(9)14)16-6-8-4-2-1-3-5-8/h1-5,9-15H,6-7H2/t9-,10-,11+,12-/m1/s1. The molecule has 4 atom stereocenters. The number of benzene rings is 1. The van der Waals surface area contributed by atoms with E-state index in [1.165, 1.54) is 0 Å². The van der Waals surface area contributed by atoms with Crippen LogP contribution in [0.4, 0.5) is 0 Å². The van der Waals surface area contributed by atoms with Crippen molar-refractivity contribution in [3.8, 4) is 0 Å². The van der Waals surface area contributed by atoms with Crippen LogP contribution in [0.3, 0.4) is 0 Å². The Hall–Kier alpha value is -0.980. The molecule has 1 saturated heterocycles. The Bertz CT molecular complexity index is 342. The third-order valence-corrected chi connectivity index (χ3v) is 2.73. The zero-order chi connectivity index (χ0) is 12.3. The highest BCUT2D eigenvalue weighted by molar-refractivity contribution is 5.13. The summed E-state index contributed by atoms with van der Waals surface area (Å²) in [5.41, 5.74) is 0.923. The number of hydrogen-bond acceptors (Lipinski definition) is 5. The van der Waals surface area contributed by atoms with Crippen LogP contribution in [-0.2, 0) is 16.1 Å². The van der Waals surface area contributed by atoms with E-state index in [0.29, 0.717) is 0 Å². The zero-order valence-electron chi connectivity index (χ0n) is 9.27. The van der Waals surface area contributed by atoms with Gasteiger partial charge in [-0.05, 0) is 5.56 Å². The molecule has 94 valence electrons. The molecule has 1 aliphatic rings. The van der Waals surface area contributed by atoms with Gasteiger partial charge in [-0.3, -0.25) is 0 Å². The first-order valence-electron chi connectivity index (χ1n) is 5.50. The van der Waals surface area contributed by atoms with Crippen LogP contribution in [0.5, 0.6) is 0 Å². The van der Waals surface area contributed by atoms with Crippen LogP contribution in [0.1, 0.15) is 5.56 Å². The predicted molar refractivity (Wildman–Crippen MR) is 59.0 cm³/mol. The quantitative estimate of drug-likeness (QED) is 0.672. The summed E-state index contributed by atoms with van der Waals surface area (Å²) in [6.07, 6.45) is -4.31. The van der Waals surface area contributed by atoms with Gasteiger partial charge < -0.3 is 24.8 Å². The van der Waals surface area contributed by atoms with Crippen LogP contribution >= 0.6 is 0 Å². The molecule has 5 heteroatoms. The first-order valence-corrected chi connectivity index (χ1v) is 5.50. The fraction of sp³-hybridized carbons (Fsp3) is 0.500. The molecule has 0 aliphatic carbocycles. The van der Waals surface area contributed by atoms with E-state index < -0.39 is 24.6 Å². The molecule has 1 heterocycles. The first kappa shape index (κ1) is 12.5. The average molecular weight is 240 g/mol. The highest BCUT2D eigenvalue weighted by Gasteiger charge is 2.38. The lowest BCUT2D eigenvalue weighted by molar-refractivity contribution is -0.267. The summed E-state index contributed by atoms with van der Waals surface area (Å²) in [5, 5.41) is 28.6. The Balaban J connectivity index is 1.93. The summed E-state index contributed by atoms with van der Waals surface area (Å²) in [7, 11) is 0. The summed E-state index contributed by atoms with van der Waals surface area (Å²) in [4.78, 5) is 0. The molecule has 5 nitrogen and oxygen atoms in total. The van der Waals surface area contributed by atoms with Crippen molar-refractivity contribution in [2.45, 2.75) is 31.2 Å². The largest absolute Gasteiger partial charge is 0.388 e. The van der Waals surface area contributed by atoms with Crippen molar-refractivity contribution >= 4 is 0 Å². The van der Waals surface area contributed by atoms with E-state index in [1.807, 2.05) is 30.3 Å². The molecule has 2 rings (SSSR count). The summed E-state index contributed by atoms with van der Waals surface area (Å²) >= 11 is 0. The van der Waals surface area contributed by atoms with Crippen molar-refractivity contribution in [3.05, 3.63) is 35.9 Å². The Morgan fingerprint density at radius 2 is 1.88 bits per heavy atom. The van der Waals surface area contributed by atoms with Gasteiger partial charge in [0.15, 0.2) is 6.29 Å². The van der Waals surface area contributed by atoms with Gasteiger partial charge in [-0.2, -0.15) is 0 Å². The fourth-order valence-electron chi connectivity index (χ4n) is 1.73. The maximum atomic E-state index is 9.67. The second-order valence-corrected chi connectivity index (χ2v) is 4.04. The van der Waals surface area contributed by atoms with E-state index in [1.54, 1.807) is 0 Å². The molecular weight excluding hydrogens is 224 g/mol. The van der Waals surface area contributed by atoms with Crippen LogP contribution in [0, 0.1) is 0 Å². The zero-order valence-corrected chi connectivity index (χ0v) is 9.27. The molecule has 0 unspecified atom stereocenters. The molecule has 0 amide bonds. The molecule has 0 bridgehead atoms. The van der Waals surface area contributed by atoms with E-state index in [0.717, 1.165) is 5.56 Å². The van der Waals surface area contributed by atoms with Crippen molar-refractivity contribution in [2.75, 3.05) is 6.61 Å². The lowest BCUT2D eigenvalue weighted by atomic mass is 10.1. The number of aliphatic hydroxyl groups excluding tert-OH is 3. The van der Waals surface area contributed by atoms with Gasteiger partial charge in [0.2, 0.25) is 0 Å². The van der Waals surface area contributed by atoms with E-state index >= 15 is 0 Å². The number of rotatable bonds is 3. The molecule has 3 N–H and O–H groups in total. The van der Waals surface area contributed by atoms with Crippen LogP contribution in [-0.4, -0.2) is 46.5 Å². The summed E-state index contributed by atoms with van der Waals surface area (Å²) in [6.45, 7) is 0.156. The van der Waals surface area contributed by atoms with Gasteiger partial charge >= 0.3 is 0 Å². The normalized spacial score (nSPS) is 33.6. The van der Waals surface area contributed by atoms with Crippen LogP contribution in [0.25, 0.3) is 0 Å². The van der Waals surface area contributed by atoms with Gasteiger partial charge in [0.05, 0.1) is 13.2 Å². The maximum absolute atomic E-state index is 9.67. The molecule has 1 aliphatic heterocycles. The molecule has 0 radical (unpaired) electrons. The summed E-state index contributed by atoms with van der Waals surface area (Å²) in [5.74, 6) is 0. The number of ether oxygens (including phenoxy) is 2. The first-order chi connectivity index (χ1) is 8.18. The van der Waals surface area contributed by atoms with Gasteiger partial charge in [0.25, 0.3) is 0 Å². The van der Waals surface area contributed by atoms with Crippen LogP contribution in [0.2, 0.25) is 0 Å². The van der Waals surface area contributed by atoms with Crippen molar-refractivity contribution in [2.24, 2.45) is 0 Å². The minimum atomic E-state index is -1.21. The molecule has 0 saturated carbocycles. The number of aliphatic hydroxyl groups is 3. The van der Waals surface area contributed by atoms with Crippen LogP contribution < -0.4 is 0 Å². The second-order valence-electron chi connectivity index (χ2n) is 4.04. The van der Waals surface area contributed by atoms with Gasteiger partial charge in [-0.15, -0.1) is 0 Å². The third kappa shape index (κ3) is 3.02. The highest BCUT2D eigenvalue weighted by Crippen LogP contribution is 2.18. The molecule has 1 aromatic carbocycles. The van der Waals surface area contributed by atoms with Gasteiger partial charge in [-0.1, -0.05) is 30.3 Å². The smallest absolute Gasteiger partial charge is 0.183 e. The van der Waals surface area contributed by atoms with E-state index in [9.17, 15) is 15.3 Å². The molecule has 0 spiro atoms. The minimum Gasteiger partial charge on any atom is -0.388 e. The number of hydrogen-bond donors (Lipinski definition) is 3. The maximum Gasteiger partial charge on any atom is 0.183 e. The molecular formula is C12H16O5. The van der Waals surface area contributed by atoms with Gasteiger partial charge in [-0.25, -0.2) is 0 Å². The fourth-order valence-corrected chi connectivity index (χ4v) is 1.73. The SMILES string of the molecule is O[C@H]1[C@H](OCc2ccccc2)[C@H](O)OC[C@H]1O. The second kappa shape index (κ2) is 5.57. The Morgan fingerprint density at radius 1 is 1.18 bits per heavy atom. The summed E-state index contributed by atoms with van der Waals surface area (Å²) in [6, 6.07) is 9.38. The third-order valence-electron chi connectivity index (χ3n) is 2.73. The van der Waals surface area contributed by atoms with E-state index in [4.69, 9.17) is 9.47 Å². The van der Waals surface area contributed by atoms with Crippen molar-refractivity contribution in [1.29, 1.82) is 0 Å². The predicted octanol–water partition coefficient (Wildman–Crippen LogP) is -0.358.